The molecule has 3 heteroatoms. The Labute approximate surface area is 80.8 Å². The van der Waals surface area contributed by atoms with Gasteiger partial charge >= 0.3 is 0 Å². The smallest absolute Gasteiger partial charge is 0.293 e. The molecule has 0 aromatic carbocycles. The quantitative estimate of drug-likeness (QED) is 0.635. The first-order valence-corrected chi connectivity index (χ1v) is 4.80. The summed E-state index contributed by atoms with van der Waals surface area (Å²) in [5.74, 6) is 0. The number of carbonyl (C=O) groups excluding carboxylic acids is 1. The molecule has 0 aromatic rings. The van der Waals surface area contributed by atoms with Gasteiger partial charge in [-0.15, -0.1) is 0 Å². The molecule has 0 saturated carbocycles. The van der Waals surface area contributed by atoms with E-state index in [-0.39, 0.29) is 5.60 Å². The Bertz CT molecular complexity index is 134. The zero-order chi connectivity index (χ0) is 10.3. The van der Waals surface area contributed by atoms with Gasteiger partial charge in [-0.05, 0) is 47.1 Å². The van der Waals surface area contributed by atoms with E-state index in [1.807, 2.05) is 20.8 Å². The van der Waals surface area contributed by atoms with E-state index in [1.165, 1.54) is 19.4 Å². The van der Waals surface area contributed by atoms with Crippen LogP contribution in [0.25, 0.3) is 0 Å². The molecular formula is C10H21NO2. The van der Waals surface area contributed by atoms with Crippen LogP contribution < -0.4 is 5.32 Å². The van der Waals surface area contributed by atoms with E-state index in [0.29, 0.717) is 6.47 Å². The van der Waals surface area contributed by atoms with Crippen molar-refractivity contribution in [2.75, 3.05) is 6.54 Å². The summed E-state index contributed by atoms with van der Waals surface area (Å²) in [6, 6.07) is 0.796. The molecule has 0 bridgehead atoms. The predicted octanol–water partition coefficient (Wildman–Crippen LogP) is 1.72. The van der Waals surface area contributed by atoms with Gasteiger partial charge in [-0.25, -0.2) is 0 Å². The van der Waals surface area contributed by atoms with Gasteiger partial charge in [0.1, 0.15) is 5.60 Å². The van der Waals surface area contributed by atoms with Crippen LogP contribution in [0.3, 0.4) is 0 Å². The van der Waals surface area contributed by atoms with Gasteiger partial charge < -0.3 is 10.1 Å². The van der Waals surface area contributed by atoms with Gasteiger partial charge in [0.05, 0.1) is 0 Å². The van der Waals surface area contributed by atoms with E-state index in [0.717, 1.165) is 6.04 Å². The number of hydrogen-bond acceptors (Lipinski definition) is 3. The second kappa shape index (κ2) is 5.97. The largest absolute Gasteiger partial charge is 0.462 e. The fourth-order valence-corrected chi connectivity index (χ4v) is 1.00. The van der Waals surface area contributed by atoms with Gasteiger partial charge in [-0.1, -0.05) is 0 Å². The molecule has 1 aliphatic heterocycles. The van der Waals surface area contributed by atoms with Crippen molar-refractivity contribution in [2.24, 2.45) is 0 Å². The Morgan fingerprint density at radius 3 is 2.15 bits per heavy atom. The minimum absolute atomic E-state index is 0.318. The van der Waals surface area contributed by atoms with Crippen LogP contribution in [0.15, 0.2) is 0 Å². The average Bonchev–Trinajstić information content (AvgIpc) is 2.38. The lowest BCUT2D eigenvalue weighted by atomic mass is 10.2. The minimum Gasteiger partial charge on any atom is -0.462 e. The van der Waals surface area contributed by atoms with Gasteiger partial charge in [0.15, 0.2) is 0 Å². The maximum atomic E-state index is 9.60. The van der Waals surface area contributed by atoms with Crippen LogP contribution in [0.5, 0.6) is 0 Å². The van der Waals surface area contributed by atoms with Crippen molar-refractivity contribution in [3.05, 3.63) is 0 Å². The summed E-state index contributed by atoms with van der Waals surface area (Å²) in [4.78, 5) is 9.60. The molecule has 78 valence electrons. The standard InChI is InChI=1S/C5H11N.C5H10O2/c1-5-3-2-4-6-5;1-5(2,3)7-4-6/h5-6H,2-4H2,1H3;4H,1-3H3. The third kappa shape index (κ3) is 9.34. The SMILES string of the molecule is CC(C)(C)OC=O.CC1CCCN1. The molecule has 1 saturated heterocycles. The highest BCUT2D eigenvalue weighted by Gasteiger charge is 2.07. The number of nitrogens with one attached hydrogen (secondary N) is 1. The zero-order valence-corrected chi connectivity index (χ0v) is 9.09. The molecule has 0 amide bonds. The van der Waals surface area contributed by atoms with Crippen LogP contribution in [0.1, 0.15) is 40.5 Å². The number of carbonyl (C=O) groups is 1. The molecule has 1 N–H and O–H groups in total. The fraction of sp³-hybridized carbons (Fsp3) is 0.900. The van der Waals surface area contributed by atoms with E-state index in [1.54, 1.807) is 0 Å². The van der Waals surface area contributed by atoms with Crippen molar-refractivity contribution in [1.29, 1.82) is 0 Å². The summed E-state index contributed by atoms with van der Waals surface area (Å²) >= 11 is 0. The summed E-state index contributed by atoms with van der Waals surface area (Å²) in [5, 5.41) is 3.32. The van der Waals surface area contributed by atoms with E-state index in [9.17, 15) is 4.79 Å². The molecule has 1 atom stereocenters. The molecule has 1 rings (SSSR count). The Balaban J connectivity index is 0.000000223. The lowest BCUT2D eigenvalue weighted by Gasteiger charge is -2.14. The van der Waals surface area contributed by atoms with Crippen molar-refractivity contribution in [3.63, 3.8) is 0 Å². The van der Waals surface area contributed by atoms with Gasteiger partial charge in [-0.2, -0.15) is 0 Å². The van der Waals surface area contributed by atoms with E-state index in [2.05, 4.69) is 17.0 Å². The second-order valence-corrected chi connectivity index (χ2v) is 4.32. The zero-order valence-electron chi connectivity index (χ0n) is 9.09. The summed E-state index contributed by atoms with van der Waals surface area (Å²) in [7, 11) is 0. The van der Waals surface area contributed by atoms with Crippen LogP contribution in [0, 0.1) is 0 Å². The minimum atomic E-state index is -0.318. The highest BCUT2D eigenvalue weighted by atomic mass is 16.5. The highest BCUT2D eigenvalue weighted by Crippen LogP contribution is 2.02. The maximum absolute atomic E-state index is 9.60. The lowest BCUT2D eigenvalue weighted by molar-refractivity contribution is -0.138. The third-order valence-electron chi connectivity index (χ3n) is 1.71. The Kier molecular flexibility index (Phi) is 5.71. The number of hydrogen-bond donors (Lipinski definition) is 1. The summed E-state index contributed by atoms with van der Waals surface area (Å²) in [6.07, 6.45) is 2.75. The monoisotopic (exact) mass is 187 g/mol. The highest BCUT2D eigenvalue weighted by molar-refractivity contribution is 5.37. The molecule has 1 unspecified atom stereocenters. The maximum Gasteiger partial charge on any atom is 0.293 e. The molecule has 0 spiro atoms. The molecule has 0 aromatic heterocycles. The topological polar surface area (TPSA) is 38.3 Å². The first-order chi connectivity index (χ1) is 5.95. The van der Waals surface area contributed by atoms with Gasteiger partial charge in [0.2, 0.25) is 0 Å². The third-order valence-corrected chi connectivity index (χ3v) is 1.71. The molecule has 1 heterocycles. The van der Waals surface area contributed by atoms with Crippen molar-refractivity contribution < 1.29 is 9.53 Å². The van der Waals surface area contributed by atoms with E-state index < -0.39 is 0 Å². The normalized spacial score (nSPS) is 21.7. The summed E-state index contributed by atoms with van der Waals surface area (Å²) < 4.78 is 4.55. The van der Waals surface area contributed by atoms with Crippen LogP contribution in [0.2, 0.25) is 0 Å². The van der Waals surface area contributed by atoms with Gasteiger partial charge in [0.25, 0.3) is 6.47 Å². The van der Waals surface area contributed by atoms with Crippen molar-refractivity contribution >= 4 is 6.47 Å². The Morgan fingerprint density at radius 2 is 2.08 bits per heavy atom. The molecular weight excluding hydrogens is 166 g/mol. The molecule has 13 heavy (non-hydrogen) atoms. The van der Waals surface area contributed by atoms with Crippen molar-refractivity contribution in [3.8, 4) is 0 Å². The van der Waals surface area contributed by atoms with Crippen LogP contribution >= 0.6 is 0 Å². The first kappa shape index (κ1) is 12.4. The van der Waals surface area contributed by atoms with Crippen molar-refractivity contribution in [1.82, 2.24) is 5.32 Å². The Hall–Kier alpha value is -0.570. The second-order valence-electron chi connectivity index (χ2n) is 4.32. The Morgan fingerprint density at radius 1 is 1.46 bits per heavy atom. The number of ether oxygens (including phenoxy) is 1. The van der Waals surface area contributed by atoms with Gasteiger partial charge in [0, 0.05) is 6.04 Å². The number of rotatable bonds is 1. The summed E-state index contributed by atoms with van der Waals surface area (Å²) in [6.45, 7) is 9.39. The average molecular weight is 187 g/mol. The van der Waals surface area contributed by atoms with Crippen molar-refractivity contribution in [2.45, 2.75) is 52.2 Å². The van der Waals surface area contributed by atoms with Crippen LogP contribution in [0.4, 0.5) is 0 Å². The van der Waals surface area contributed by atoms with Crippen LogP contribution in [-0.4, -0.2) is 24.7 Å². The lowest BCUT2D eigenvalue weighted by Crippen LogP contribution is -2.17. The van der Waals surface area contributed by atoms with E-state index in [4.69, 9.17) is 0 Å². The molecule has 0 radical (unpaired) electrons. The molecule has 0 aliphatic carbocycles. The molecule has 3 nitrogen and oxygen atoms in total. The fourth-order valence-electron chi connectivity index (χ4n) is 1.00. The summed E-state index contributed by atoms with van der Waals surface area (Å²) in [5.41, 5.74) is -0.318. The van der Waals surface area contributed by atoms with Gasteiger partial charge in [-0.3, -0.25) is 4.79 Å². The van der Waals surface area contributed by atoms with Crippen LogP contribution in [-0.2, 0) is 9.53 Å². The molecule has 1 aliphatic rings. The predicted molar refractivity (Wildman–Crippen MR) is 53.6 cm³/mol. The van der Waals surface area contributed by atoms with E-state index >= 15 is 0 Å². The molecule has 1 fully saturated rings. The first-order valence-electron chi connectivity index (χ1n) is 4.80.